The third-order valence-corrected chi connectivity index (χ3v) is 1.44. The Kier molecular flexibility index (Phi) is 2.00. The molecule has 5 heteroatoms. The van der Waals surface area contributed by atoms with Crippen LogP contribution in [0.25, 0.3) is 0 Å². The Morgan fingerprint density at radius 3 is 2.55 bits per heavy atom. The van der Waals surface area contributed by atoms with Gasteiger partial charge in [-0.3, -0.25) is 9.59 Å². The number of aliphatic carboxylic acids is 1. The lowest BCUT2D eigenvalue weighted by Crippen LogP contribution is -2.28. The van der Waals surface area contributed by atoms with Gasteiger partial charge in [-0.05, 0) is 0 Å². The summed E-state index contributed by atoms with van der Waals surface area (Å²) in [6, 6.07) is 0. The van der Waals surface area contributed by atoms with Gasteiger partial charge in [0.05, 0.1) is 6.61 Å². The summed E-state index contributed by atoms with van der Waals surface area (Å²) < 4.78 is 4.61. The van der Waals surface area contributed by atoms with Gasteiger partial charge in [-0.1, -0.05) is 0 Å². The molecule has 1 heterocycles. The molecule has 1 rings (SSSR count). The highest BCUT2D eigenvalue weighted by molar-refractivity contribution is 6.37. The maximum atomic E-state index is 10.7. The SMILES string of the molecule is O=C(O)C(=O)C1COCC1=O. The Morgan fingerprint density at radius 2 is 2.18 bits per heavy atom. The van der Waals surface area contributed by atoms with Crippen LogP contribution < -0.4 is 0 Å². The molecule has 1 atom stereocenters. The van der Waals surface area contributed by atoms with Crippen LogP contribution in [0.4, 0.5) is 0 Å². The van der Waals surface area contributed by atoms with Crippen LogP contribution in [0.3, 0.4) is 0 Å². The number of ether oxygens (including phenoxy) is 1. The molecule has 0 aromatic carbocycles. The number of hydrogen-bond donors (Lipinski definition) is 1. The van der Waals surface area contributed by atoms with E-state index in [1.54, 1.807) is 0 Å². The van der Waals surface area contributed by atoms with E-state index in [0.717, 1.165) is 0 Å². The van der Waals surface area contributed by atoms with Gasteiger partial charge in [-0.25, -0.2) is 4.79 Å². The molecule has 0 radical (unpaired) electrons. The van der Waals surface area contributed by atoms with Crippen LogP contribution >= 0.6 is 0 Å². The van der Waals surface area contributed by atoms with Crippen molar-refractivity contribution < 1.29 is 24.2 Å². The molecule has 0 amide bonds. The van der Waals surface area contributed by atoms with Gasteiger partial charge in [-0.15, -0.1) is 0 Å². The van der Waals surface area contributed by atoms with Crippen LogP contribution in [-0.4, -0.2) is 35.9 Å². The van der Waals surface area contributed by atoms with E-state index in [9.17, 15) is 14.4 Å². The number of Topliss-reactive ketones (excluding diaryl/α,β-unsaturated/α-hetero) is 2. The molecule has 1 saturated heterocycles. The zero-order valence-electron chi connectivity index (χ0n) is 5.57. The van der Waals surface area contributed by atoms with E-state index in [1.807, 2.05) is 0 Å². The number of ketones is 2. The van der Waals surface area contributed by atoms with E-state index in [4.69, 9.17) is 5.11 Å². The van der Waals surface area contributed by atoms with Crippen molar-refractivity contribution in [2.24, 2.45) is 5.92 Å². The first-order valence-corrected chi connectivity index (χ1v) is 3.00. The summed E-state index contributed by atoms with van der Waals surface area (Å²) in [6.45, 7) is -0.242. The number of rotatable bonds is 2. The lowest BCUT2D eigenvalue weighted by Gasteiger charge is -1.97. The summed E-state index contributed by atoms with van der Waals surface area (Å²) in [6.07, 6.45) is 0. The highest BCUT2D eigenvalue weighted by Gasteiger charge is 2.35. The lowest BCUT2D eigenvalue weighted by molar-refractivity contribution is -0.152. The zero-order valence-corrected chi connectivity index (χ0v) is 5.57. The summed E-state index contributed by atoms with van der Waals surface area (Å²) in [5.41, 5.74) is 0. The fraction of sp³-hybridized carbons (Fsp3) is 0.500. The van der Waals surface area contributed by atoms with Gasteiger partial charge in [0.15, 0.2) is 5.78 Å². The molecule has 1 unspecified atom stereocenters. The minimum Gasteiger partial charge on any atom is -0.475 e. The second-order valence-corrected chi connectivity index (χ2v) is 2.20. The van der Waals surface area contributed by atoms with Crippen LogP contribution in [0.5, 0.6) is 0 Å². The predicted octanol–water partition coefficient (Wildman–Crippen LogP) is -1.14. The highest BCUT2D eigenvalue weighted by Crippen LogP contribution is 2.09. The van der Waals surface area contributed by atoms with Gasteiger partial charge in [0, 0.05) is 0 Å². The van der Waals surface area contributed by atoms with Crippen LogP contribution in [0.2, 0.25) is 0 Å². The van der Waals surface area contributed by atoms with E-state index in [-0.39, 0.29) is 13.2 Å². The largest absolute Gasteiger partial charge is 0.475 e. The van der Waals surface area contributed by atoms with E-state index >= 15 is 0 Å². The zero-order chi connectivity index (χ0) is 8.43. The molecular weight excluding hydrogens is 152 g/mol. The van der Waals surface area contributed by atoms with Crippen molar-refractivity contribution in [3.05, 3.63) is 0 Å². The smallest absolute Gasteiger partial charge is 0.373 e. The first kappa shape index (κ1) is 7.87. The molecule has 11 heavy (non-hydrogen) atoms. The molecule has 0 saturated carbocycles. The van der Waals surface area contributed by atoms with Crippen molar-refractivity contribution in [2.75, 3.05) is 13.2 Å². The number of carboxylic acid groups (broad SMARTS) is 1. The number of carboxylic acids is 1. The monoisotopic (exact) mass is 158 g/mol. The second-order valence-electron chi connectivity index (χ2n) is 2.20. The van der Waals surface area contributed by atoms with Gasteiger partial charge in [0.1, 0.15) is 12.5 Å². The second kappa shape index (κ2) is 2.79. The fourth-order valence-corrected chi connectivity index (χ4v) is 0.842. The van der Waals surface area contributed by atoms with Gasteiger partial charge >= 0.3 is 5.97 Å². The molecule has 0 aromatic heterocycles. The van der Waals surface area contributed by atoms with Crippen molar-refractivity contribution in [3.8, 4) is 0 Å². The Morgan fingerprint density at radius 1 is 1.55 bits per heavy atom. The van der Waals surface area contributed by atoms with Gasteiger partial charge in [0.25, 0.3) is 5.78 Å². The summed E-state index contributed by atoms with van der Waals surface area (Å²) in [5.74, 6) is -4.17. The third kappa shape index (κ3) is 1.43. The van der Waals surface area contributed by atoms with E-state index in [1.165, 1.54) is 0 Å². The van der Waals surface area contributed by atoms with Gasteiger partial charge in [-0.2, -0.15) is 0 Å². The fourth-order valence-electron chi connectivity index (χ4n) is 0.842. The molecule has 0 aromatic rings. The number of carbonyl (C=O) groups excluding carboxylic acids is 2. The molecule has 60 valence electrons. The Balaban J connectivity index is 2.67. The number of hydrogen-bond acceptors (Lipinski definition) is 4. The average molecular weight is 158 g/mol. The summed E-state index contributed by atoms with van der Waals surface area (Å²) in [4.78, 5) is 31.4. The molecule has 1 aliphatic rings. The quantitative estimate of drug-likeness (QED) is 0.405. The van der Waals surface area contributed by atoms with Crippen molar-refractivity contribution in [1.82, 2.24) is 0 Å². The Hall–Kier alpha value is -1.23. The minimum atomic E-state index is -1.58. The predicted molar refractivity (Wildman–Crippen MR) is 32.0 cm³/mol. The summed E-state index contributed by atoms with van der Waals surface area (Å²) in [7, 11) is 0. The first-order chi connectivity index (χ1) is 5.13. The molecule has 1 aliphatic heterocycles. The minimum absolute atomic E-state index is 0.0933. The molecule has 1 fully saturated rings. The standard InChI is InChI=1S/C6H6O5/c7-4-2-11-1-3(4)5(8)6(9)10/h3H,1-2H2,(H,9,10). The summed E-state index contributed by atoms with van der Waals surface area (Å²) in [5, 5.41) is 8.20. The first-order valence-electron chi connectivity index (χ1n) is 3.00. The molecule has 0 bridgehead atoms. The van der Waals surface area contributed by atoms with Crippen molar-refractivity contribution in [2.45, 2.75) is 0 Å². The van der Waals surface area contributed by atoms with E-state index in [0.29, 0.717) is 0 Å². The lowest BCUT2D eigenvalue weighted by atomic mass is 10.0. The number of carbonyl (C=O) groups is 3. The van der Waals surface area contributed by atoms with E-state index in [2.05, 4.69) is 4.74 Å². The van der Waals surface area contributed by atoms with Gasteiger partial charge in [0.2, 0.25) is 0 Å². The maximum absolute atomic E-state index is 10.7. The molecule has 0 aliphatic carbocycles. The van der Waals surface area contributed by atoms with Crippen molar-refractivity contribution >= 4 is 17.5 Å². The Bertz CT molecular complexity index is 219. The molecule has 0 spiro atoms. The van der Waals surface area contributed by atoms with Crippen molar-refractivity contribution in [1.29, 1.82) is 0 Å². The van der Waals surface area contributed by atoms with Crippen LogP contribution in [-0.2, 0) is 19.1 Å². The van der Waals surface area contributed by atoms with Crippen LogP contribution in [0.1, 0.15) is 0 Å². The van der Waals surface area contributed by atoms with Crippen LogP contribution in [0.15, 0.2) is 0 Å². The normalized spacial score (nSPS) is 23.6. The summed E-state index contributed by atoms with van der Waals surface area (Å²) >= 11 is 0. The molecule has 5 nitrogen and oxygen atoms in total. The topological polar surface area (TPSA) is 80.7 Å². The highest BCUT2D eigenvalue weighted by atomic mass is 16.5. The molecule has 1 N–H and O–H groups in total. The van der Waals surface area contributed by atoms with Crippen molar-refractivity contribution in [3.63, 3.8) is 0 Å². The molecular formula is C6H6O5. The third-order valence-electron chi connectivity index (χ3n) is 1.44. The Labute approximate surface area is 62.0 Å². The maximum Gasteiger partial charge on any atom is 0.373 e. The van der Waals surface area contributed by atoms with Gasteiger partial charge < -0.3 is 9.84 Å². The average Bonchev–Trinajstić information content (AvgIpc) is 2.33. The van der Waals surface area contributed by atoms with Crippen LogP contribution in [0, 0.1) is 5.92 Å². The van der Waals surface area contributed by atoms with E-state index < -0.39 is 23.5 Å².